The molecule has 0 amide bonds. The molecule has 0 N–H and O–H groups in total. The summed E-state index contributed by atoms with van der Waals surface area (Å²) in [4.78, 5) is 11.5. The third-order valence-corrected chi connectivity index (χ3v) is 2.35. The minimum Gasteiger partial charge on any atom is -0.457 e. The highest BCUT2D eigenvalue weighted by Crippen LogP contribution is 2.07. The Hall–Kier alpha value is -2.04. The number of hydrogen-bond acceptors (Lipinski definition) is 4. The Labute approximate surface area is 99.0 Å². The van der Waals surface area contributed by atoms with Crippen molar-refractivity contribution in [3.63, 3.8) is 0 Å². The van der Waals surface area contributed by atoms with Crippen molar-refractivity contribution in [3.8, 4) is 0 Å². The molecular weight excluding hydrogens is 220 g/mol. The van der Waals surface area contributed by atoms with E-state index >= 15 is 0 Å². The summed E-state index contributed by atoms with van der Waals surface area (Å²) in [5.74, 6) is -0.195. The molecule has 0 aliphatic rings. The largest absolute Gasteiger partial charge is 0.457 e. The van der Waals surface area contributed by atoms with Crippen molar-refractivity contribution < 1.29 is 13.9 Å². The summed E-state index contributed by atoms with van der Waals surface area (Å²) >= 11 is 0. The van der Waals surface area contributed by atoms with E-state index in [1.54, 1.807) is 23.0 Å². The fourth-order valence-corrected chi connectivity index (χ4v) is 1.44. The molecule has 0 unspecified atom stereocenters. The van der Waals surface area contributed by atoms with Crippen LogP contribution in [0.2, 0.25) is 0 Å². The Balaban J connectivity index is 1.77. The van der Waals surface area contributed by atoms with Crippen LogP contribution in [0, 0.1) is 0 Å². The van der Waals surface area contributed by atoms with E-state index < -0.39 is 5.97 Å². The molecule has 0 saturated heterocycles. The SMILES string of the molecule is C[C@H](CCn1cccn1)OC(=O)c1ccco1. The van der Waals surface area contributed by atoms with Crippen LogP contribution < -0.4 is 0 Å². The zero-order valence-corrected chi connectivity index (χ0v) is 9.57. The number of nitrogens with zero attached hydrogens (tertiary/aromatic N) is 2. The van der Waals surface area contributed by atoms with E-state index in [-0.39, 0.29) is 11.9 Å². The van der Waals surface area contributed by atoms with Gasteiger partial charge in [0.25, 0.3) is 0 Å². The summed E-state index contributed by atoms with van der Waals surface area (Å²) in [6.45, 7) is 2.57. The summed E-state index contributed by atoms with van der Waals surface area (Å²) in [5.41, 5.74) is 0. The number of aryl methyl sites for hydroxylation is 1. The zero-order chi connectivity index (χ0) is 12.1. The van der Waals surface area contributed by atoms with Crippen LogP contribution in [-0.4, -0.2) is 21.9 Å². The van der Waals surface area contributed by atoms with Gasteiger partial charge in [0.2, 0.25) is 5.76 Å². The second kappa shape index (κ2) is 5.34. The second-order valence-electron chi connectivity index (χ2n) is 3.75. The monoisotopic (exact) mass is 234 g/mol. The van der Waals surface area contributed by atoms with E-state index in [0.29, 0.717) is 6.42 Å². The maximum atomic E-state index is 11.5. The smallest absolute Gasteiger partial charge is 0.374 e. The highest BCUT2D eigenvalue weighted by molar-refractivity contribution is 5.86. The first-order valence-corrected chi connectivity index (χ1v) is 5.47. The number of hydrogen-bond donors (Lipinski definition) is 0. The summed E-state index contributed by atoms with van der Waals surface area (Å²) in [5, 5.41) is 4.07. The molecule has 0 aromatic carbocycles. The Bertz CT molecular complexity index is 448. The lowest BCUT2D eigenvalue weighted by Gasteiger charge is -2.11. The molecule has 0 saturated carbocycles. The van der Waals surface area contributed by atoms with Gasteiger partial charge < -0.3 is 9.15 Å². The van der Waals surface area contributed by atoms with Gasteiger partial charge >= 0.3 is 5.97 Å². The van der Waals surface area contributed by atoms with Gasteiger partial charge in [-0.15, -0.1) is 0 Å². The molecule has 0 aliphatic carbocycles. The second-order valence-corrected chi connectivity index (χ2v) is 3.75. The molecule has 2 aromatic heterocycles. The van der Waals surface area contributed by atoms with Gasteiger partial charge in [-0.25, -0.2) is 4.79 Å². The van der Waals surface area contributed by atoms with E-state index in [1.807, 2.05) is 19.2 Å². The van der Waals surface area contributed by atoms with Gasteiger partial charge in [-0.05, 0) is 25.1 Å². The molecule has 90 valence electrons. The van der Waals surface area contributed by atoms with E-state index in [2.05, 4.69) is 5.10 Å². The lowest BCUT2D eigenvalue weighted by atomic mass is 10.3. The van der Waals surface area contributed by atoms with Gasteiger partial charge in [0.1, 0.15) is 6.10 Å². The number of furan rings is 1. The summed E-state index contributed by atoms with van der Waals surface area (Å²) < 4.78 is 12.0. The van der Waals surface area contributed by atoms with Crippen LogP contribution in [0.1, 0.15) is 23.9 Å². The highest BCUT2D eigenvalue weighted by Gasteiger charge is 2.14. The molecule has 0 fully saturated rings. The average Bonchev–Trinajstić information content (AvgIpc) is 2.99. The standard InChI is InChI=1S/C12H14N2O3/c1-10(5-8-14-7-3-6-13-14)17-12(15)11-4-2-9-16-11/h2-4,6-7,9-10H,5,8H2,1H3/t10-/m1/s1. The number of rotatable bonds is 5. The van der Waals surface area contributed by atoms with Crippen molar-refractivity contribution in [2.75, 3.05) is 0 Å². The molecule has 2 aromatic rings. The number of esters is 1. The summed E-state index contributed by atoms with van der Waals surface area (Å²) in [6.07, 6.45) is 5.59. The maximum Gasteiger partial charge on any atom is 0.374 e. The normalized spacial score (nSPS) is 12.3. The van der Waals surface area contributed by atoms with Crippen LogP contribution in [0.4, 0.5) is 0 Å². The fraction of sp³-hybridized carbons (Fsp3) is 0.333. The molecule has 2 heterocycles. The lowest BCUT2D eigenvalue weighted by molar-refractivity contribution is 0.0278. The minimum atomic E-state index is -0.428. The molecule has 0 bridgehead atoms. The van der Waals surface area contributed by atoms with Gasteiger partial charge in [-0.3, -0.25) is 4.68 Å². The maximum absolute atomic E-state index is 11.5. The topological polar surface area (TPSA) is 57.3 Å². The van der Waals surface area contributed by atoms with Crippen molar-refractivity contribution in [2.24, 2.45) is 0 Å². The minimum absolute atomic E-state index is 0.170. The number of ether oxygens (including phenoxy) is 1. The van der Waals surface area contributed by atoms with Crippen molar-refractivity contribution in [1.29, 1.82) is 0 Å². The molecule has 0 spiro atoms. The van der Waals surface area contributed by atoms with Crippen molar-refractivity contribution in [1.82, 2.24) is 9.78 Å². The summed E-state index contributed by atoms with van der Waals surface area (Å²) in [7, 11) is 0. The molecule has 2 rings (SSSR count). The van der Waals surface area contributed by atoms with Gasteiger partial charge in [0.05, 0.1) is 6.26 Å². The van der Waals surface area contributed by atoms with Crippen LogP contribution in [0.5, 0.6) is 0 Å². The van der Waals surface area contributed by atoms with Crippen LogP contribution >= 0.6 is 0 Å². The Morgan fingerprint density at radius 1 is 1.59 bits per heavy atom. The molecule has 1 atom stereocenters. The van der Waals surface area contributed by atoms with Crippen LogP contribution in [0.15, 0.2) is 41.3 Å². The van der Waals surface area contributed by atoms with Gasteiger partial charge in [0, 0.05) is 25.4 Å². The van der Waals surface area contributed by atoms with E-state index in [1.165, 1.54) is 6.26 Å². The van der Waals surface area contributed by atoms with Gasteiger partial charge in [0.15, 0.2) is 0 Å². The first kappa shape index (κ1) is 11.4. The predicted molar refractivity (Wildman–Crippen MR) is 60.4 cm³/mol. The number of aromatic nitrogens is 2. The van der Waals surface area contributed by atoms with Crippen LogP contribution in [0.3, 0.4) is 0 Å². The third-order valence-electron chi connectivity index (χ3n) is 2.35. The zero-order valence-electron chi connectivity index (χ0n) is 9.57. The first-order chi connectivity index (χ1) is 8.25. The molecule has 0 aliphatic heterocycles. The van der Waals surface area contributed by atoms with Crippen molar-refractivity contribution >= 4 is 5.97 Å². The Morgan fingerprint density at radius 3 is 3.12 bits per heavy atom. The van der Waals surface area contributed by atoms with E-state index in [9.17, 15) is 4.79 Å². The molecular formula is C12H14N2O3. The highest BCUT2D eigenvalue weighted by atomic mass is 16.6. The third kappa shape index (κ3) is 3.21. The van der Waals surface area contributed by atoms with E-state index in [0.717, 1.165) is 6.54 Å². The molecule has 5 nitrogen and oxygen atoms in total. The first-order valence-electron chi connectivity index (χ1n) is 5.47. The quantitative estimate of drug-likeness (QED) is 0.743. The van der Waals surface area contributed by atoms with E-state index in [4.69, 9.17) is 9.15 Å². The molecule has 5 heteroatoms. The number of carbonyl (C=O) groups excluding carboxylic acids is 1. The average molecular weight is 234 g/mol. The fourth-order valence-electron chi connectivity index (χ4n) is 1.44. The van der Waals surface area contributed by atoms with Crippen LogP contribution in [-0.2, 0) is 11.3 Å². The van der Waals surface area contributed by atoms with Crippen molar-refractivity contribution in [3.05, 3.63) is 42.6 Å². The van der Waals surface area contributed by atoms with Gasteiger partial charge in [-0.2, -0.15) is 5.10 Å². The van der Waals surface area contributed by atoms with Crippen LogP contribution in [0.25, 0.3) is 0 Å². The Kier molecular flexibility index (Phi) is 3.59. The van der Waals surface area contributed by atoms with Crippen molar-refractivity contribution in [2.45, 2.75) is 26.0 Å². The molecule has 0 radical (unpaired) electrons. The predicted octanol–water partition coefficient (Wildman–Crippen LogP) is 2.11. The Morgan fingerprint density at radius 2 is 2.47 bits per heavy atom. The number of carbonyl (C=O) groups is 1. The summed E-state index contributed by atoms with van der Waals surface area (Å²) in [6, 6.07) is 5.10. The van der Waals surface area contributed by atoms with Gasteiger partial charge in [-0.1, -0.05) is 0 Å². The lowest BCUT2D eigenvalue weighted by Crippen LogP contribution is -2.17. The molecule has 17 heavy (non-hydrogen) atoms.